The van der Waals surface area contributed by atoms with E-state index in [4.69, 9.17) is 10.7 Å². The van der Waals surface area contributed by atoms with E-state index in [9.17, 15) is 4.79 Å². The van der Waals surface area contributed by atoms with Gasteiger partial charge in [-0.3, -0.25) is 14.9 Å². The van der Waals surface area contributed by atoms with Gasteiger partial charge in [-0.2, -0.15) is 5.10 Å². The molecule has 2 atom stereocenters. The number of aromatic nitrogens is 4. The molecule has 3 aromatic rings. The van der Waals surface area contributed by atoms with E-state index in [2.05, 4.69) is 58.1 Å². The lowest BCUT2D eigenvalue weighted by Gasteiger charge is -2.45. The molecule has 3 N–H and O–H groups in total. The van der Waals surface area contributed by atoms with E-state index < -0.39 is 0 Å². The number of carbonyl (C=O) groups is 1. The summed E-state index contributed by atoms with van der Waals surface area (Å²) in [5.41, 5.74) is 10.2. The maximum atomic E-state index is 12.5. The highest BCUT2D eigenvalue weighted by Crippen LogP contribution is 2.22. The summed E-state index contributed by atoms with van der Waals surface area (Å²) < 4.78 is 0. The molecular formula is C30H42N10O. The van der Waals surface area contributed by atoms with E-state index in [1.54, 1.807) is 43.8 Å². The summed E-state index contributed by atoms with van der Waals surface area (Å²) in [5, 5.41) is 11.5. The number of urea groups is 1. The fourth-order valence-electron chi connectivity index (χ4n) is 5.11. The number of nitrogens with zero attached hydrogens (tertiary/aromatic N) is 8. The Balaban J connectivity index is 1.34. The minimum atomic E-state index is 0.0759. The smallest absolute Gasteiger partial charge is 0.320 e. The lowest BCUT2D eigenvalue weighted by molar-refractivity contribution is 0.0532. The van der Waals surface area contributed by atoms with E-state index in [1.165, 1.54) is 0 Å². The van der Waals surface area contributed by atoms with Crippen LogP contribution in [0.4, 0.5) is 16.4 Å². The molecule has 0 bridgehead atoms. The number of nitrogens with two attached hydrogens (primary N) is 1. The Bertz CT molecular complexity index is 1390. The second-order valence-corrected chi connectivity index (χ2v) is 11.2. The topological polar surface area (TPSA) is 129 Å². The van der Waals surface area contributed by atoms with Gasteiger partial charge in [0.25, 0.3) is 0 Å². The van der Waals surface area contributed by atoms with Crippen LogP contribution in [0.5, 0.6) is 0 Å². The Labute approximate surface area is 242 Å². The van der Waals surface area contributed by atoms with Crippen molar-refractivity contribution in [2.45, 2.75) is 52.1 Å². The Morgan fingerprint density at radius 2 is 1.90 bits per heavy atom. The van der Waals surface area contributed by atoms with E-state index in [0.717, 1.165) is 53.8 Å². The number of allylic oxidation sites excluding steroid dienone is 1. The summed E-state index contributed by atoms with van der Waals surface area (Å²) in [6, 6.07) is 8.17. The van der Waals surface area contributed by atoms with Crippen molar-refractivity contribution in [3.05, 3.63) is 54.0 Å². The van der Waals surface area contributed by atoms with Gasteiger partial charge in [-0.1, -0.05) is 13.8 Å². The molecule has 1 fully saturated rings. The number of carbonyl (C=O) groups excluding carboxylic acids is 1. The number of anilines is 2. The number of amides is 2. The van der Waals surface area contributed by atoms with Crippen molar-refractivity contribution in [3.63, 3.8) is 0 Å². The Hall–Kier alpha value is -4.12. The first-order valence-electron chi connectivity index (χ1n) is 14.2. The molecule has 2 amide bonds. The molecule has 3 aromatic heterocycles. The number of fused-ring (bicyclic) bond motifs is 1. The molecular weight excluding hydrogens is 516 g/mol. The first-order chi connectivity index (χ1) is 19.7. The molecule has 41 heavy (non-hydrogen) atoms. The van der Waals surface area contributed by atoms with E-state index in [0.29, 0.717) is 24.1 Å². The lowest BCUT2D eigenvalue weighted by atomic mass is 10.1. The monoisotopic (exact) mass is 558 g/mol. The third kappa shape index (κ3) is 7.55. The van der Waals surface area contributed by atoms with Crippen LogP contribution < -0.4 is 11.1 Å². The molecule has 1 saturated heterocycles. The van der Waals surface area contributed by atoms with E-state index >= 15 is 0 Å². The van der Waals surface area contributed by atoms with Crippen molar-refractivity contribution < 1.29 is 4.79 Å². The molecule has 218 valence electrons. The summed E-state index contributed by atoms with van der Waals surface area (Å²) >= 11 is 0. The van der Waals surface area contributed by atoms with Crippen molar-refractivity contribution in [2.24, 2.45) is 10.7 Å². The van der Waals surface area contributed by atoms with Crippen molar-refractivity contribution in [1.82, 2.24) is 34.9 Å². The Morgan fingerprint density at radius 3 is 2.59 bits per heavy atom. The average molecular weight is 559 g/mol. The molecule has 4 rings (SSSR count). The molecule has 11 heteroatoms. The summed E-state index contributed by atoms with van der Waals surface area (Å²) in [5.74, 6) is 1.66. The number of hydrogen-bond donors (Lipinski definition) is 2. The van der Waals surface area contributed by atoms with E-state index in [1.807, 2.05) is 29.2 Å². The van der Waals surface area contributed by atoms with Crippen LogP contribution in [-0.4, -0.2) is 99.5 Å². The Morgan fingerprint density at radius 1 is 1.15 bits per heavy atom. The first-order valence-corrected chi connectivity index (χ1v) is 14.2. The normalized spacial score (nSPS) is 18.4. The highest BCUT2D eigenvalue weighted by molar-refractivity contribution is 6.10. The molecule has 0 radical (unpaired) electrons. The summed E-state index contributed by atoms with van der Waals surface area (Å²) in [4.78, 5) is 32.5. The predicted octanol–water partition coefficient (Wildman–Crippen LogP) is 4.12. The van der Waals surface area contributed by atoms with Crippen LogP contribution in [0.1, 0.15) is 51.2 Å². The van der Waals surface area contributed by atoms with Gasteiger partial charge < -0.3 is 20.9 Å². The van der Waals surface area contributed by atoms with Gasteiger partial charge in [0.05, 0.1) is 17.2 Å². The number of pyridine rings is 2. The van der Waals surface area contributed by atoms with Gasteiger partial charge in [0.1, 0.15) is 5.82 Å². The second kappa shape index (κ2) is 13.5. The molecule has 0 saturated carbocycles. The zero-order valence-corrected chi connectivity index (χ0v) is 24.9. The van der Waals surface area contributed by atoms with Gasteiger partial charge in [-0.05, 0) is 56.0 Å². The van der Waals surface area contributed by atoms with Gasteiger partial charge in [0, 0.05) is 82.1 Å². The second-order valence-electron chi connectivity index (χ2n) is 11.2. The highest BCUT2D eigenvalue weighted by atomic mass is 16.2. The maximum Gasteiger partial charge on any atom is 0.320 e. The van der Waals surface area contributed by atoms with Crippen molar-refractivity contribution >= 4 is 40.5 Å². The lowest BCUT2D eigenvalue weighted by Crippen LogP contribution is -2.60. The van der Waals surface area contributed by atoms with Gasteiger partial charge in [-0.15, -0.1) is 5.10 Å². The fraction of sp³-hybridized carbons (Fsp3) is 0.467. The Kier molecular flexibility index (Phi) is 9.82. The summed E-state index contributed by atoms with van der Waals surface area (Å²) in [7, 11) is 3.61. The fourth-order valence-corrected chi connectivity index (χ4v) is 5.11. The van der Waals surface area contributed by atoms with Crippen LogP contribution in [0.25, 0.3) is 16.6 Å². The zero-order chi connectivity index (χ0) is 29.5. The number of nitrogens with one attached hydrogen (secondary N) is 1. The molecule has 11 nitrogen and oxygen atoms in total. The quantitative estimate of drug-likeness (QED) is 0.296. The highest BCUT2D eigenvalue weighted by Gasteiger charge is 2.33. The standard InChI is InChI=1S/C30H42N10O/c1-20(2)23-13-29(37-34-17-23)36-28-9-8-26-27(35-28)12-24(16-33-26)25(14-31)15-32-10-7-11-39-18-21(3)40(22(4)19-39)30(41)38(5)6/h8-9,12-17,20-22H,7,10-11,18-19,31H2,1-6H3,(H,35,36,37)/t21-,22+. The SMILES string of the molecule is CC(C)c1cnnc(Nc2ccc3ncc(C(C=NCCCN4C[C@@H](C)N(C(=O)N(C)C)[C@@H](C)C4)=CN)cc3n2)c1. The number of piperazine rings is 1. The number of aliphatic imine (C=N–C) groups is 1. The van der Waals surface area contributed by atoms with Crippen molar-refractivity contribution in [1.29, 1.82) is 0 Å². The zero-order valence-electron chi connectivity index (χ0n) is 24.9. The first kappa shape index (κ1) is 29.9. The molecule has 4 heterocycles. The third-order valence-electron chi connectivity index (χ3n) is 7.24. The summed E-state index contributed by atoms with van der Waals surface area (Å²) in [6.07, 6.45) is 7.84. The number of hydrogen-bond acceptors (Lipinski definition) is 9. The minimum Gasteiger partial charge on any atom is -0.404 e. The molecule has 0 spiro atoms. The van der Waals surface area contributed by atoms with Crippen LogP contribution in [-0.2, 0) is 0 Å². The van der Waals surface area contributed by atoms with Crippen molar-refractivity contribution in [3.8, 4) is 0 Å². The van der Waals surface area contributed by atoms with E-state index in [-0.39, 0.29) is 18.1 Å². The van der Waals surface area contributed by atoms with Crippen LogP contribution in [0.2, 0.25) is 0 Å². The van der Waals surface area contributed by atoms with Crippen molar-refractivity contribution in [2.75, 3.05) is 45.6 Å². The van der Waals surface area contributed by atoms with Gasteiger partial charge in [-0.25, -0.2) is 9.78 Å². The predicted molar refractivity (Wildman–Crippen MR) is 165 cm³/mol. The van der Waals surface area contributed by atoms with Crippen LogP contribution in [0, 0.1) is 0 Å². The average Bonchev–Trinajstić information content (AvgIpc) is 2.94. The summed E-state index contributed by atoms with van der Waals surface area (Å²) in [6.45, 7) is 11.8. The number of rotatable bonds is 9. The molecule has 1 aliphatic rings. The van der Waals surface area contributed by atoms with Crippen LogP contribution >= 0.6 is 0 Å². The maximum absolute atomic E-state index is 12.5. The van der Waals surface area contributed by atoms with Crippen LogP contribution in [0.3, 0.4) is 0 Å². The van der Waals surface area contributed by atoms with Crippen LogP contribution in [0.15, 0.2) is 47.9 Å². The van der Waals surface area contributed by atoms with Gasteiger partial charge >= 0.3 is 6.03 Å². The molecule has 0 aromatic carbocycles. The molecule has 0 unspecified atom stereocenters. The largest absolute Gasteiger partial charge is 0.404 e. The minimum absolute atomic E-state index is 0.0759. The third-order valence-corrected chi connectivity index (χ3v) is 7.24. The van der Waals surface area contributed by atoms with Gasteiger partial charge in [0.15, 0.2) is 5.82 Å². The molecule has 0 aliphatic carbocycles. The molecule has 1 aliphatic heterocycles. The van der Waals surface area contributed by atoms with Gasteiger partial charge in [0.2, 0.25) is 0 Å².